The van der Waals surface area contributed by atoms with Crippen molar-refractivity contribution in [2.24, 2.45) is 0 Å². The topological polar surface area (TPSA) is 82.8 Å². The number of aliphatic hydroxyl groups is 1. The molecule has 1 atom stereocenters. The number of hydrogen-bond donors (Lipinski definition) is 2. The molecule has 0 aliphatic rings. The van der Waals surface area contributed by atoms with Gasteiger partial charge in [-0.1, -0.05) is 13.8 Å². The van der Waals surface area contributed by atoms with Gasteiger partial charge >= 0.3 is 0 Å². The van der Waals surface area contributed by atoms with E-state index in [4.69, 9.17) is 4.42 Å². The standard InChI is InChI=1S/C14H26N2O4S/c1-6-16(7-2)8-10(3)15-21(18,19)14-12(5)20-11(4)13(14)9-17/h10,15,17H,6-9H2,1-5H3. The summed E-state index contributed by atoms with van der Waals surface area (Å²) < 4.78 is 33.0. The van der Waals surface area contributed by atoms with Gasteiger partial charge in [0, 0.05) is 18.2 Å². The molecule has 1 aromatic heterocycles. The number of sulfonamides is 1. The maximum Gasteiger partial charge on any atom is 0.244 e. The van der Waals surface area contributed by atoms with Crippen LogP contribution in [-0.4, -0.2) is 44.1 Å². The van der Waals surface area contributed by atoms with Crippen molar-refractivity contribution in [3.8, 4) is 0 Å². The Hall–Kier alpha value is -0.890. The number of likely N-dealkylation sites (N-methyl/N-ethyl adjacent to an activating group) is 1. The lowest BCUT2D eigenvalue weighted by atomic mass is 10.2. The van der Waals surface area contributed by atoms with E-state index < -0.39 is 10.0 Å². The number of nitrogens with one attached hydrogen (secondary N) is 1. The van der Waals surface area contributed by atoms with Crippen LogP contribution in [0.1, 0.15) is 37.9 Å². The quantitative estimate of drug-likeness (QED) is 0.757. The molecule has 1 aromatic rings. The highest BCUT2D eigenvalue weighted by Gasteiger charge is 2.28. The van der Waals surface area contributed by atoms with Gasteiger partial charge in [0.1, 0.15) is 16.4 Å². The molecule has 6 nitrogen and oxygen atoms in total. The van der Waals surface area contributed by atoms with Crippen molar-refractivity contribution in [3.05, 3.63) is 17.1 Å². The van der Waals surface area contributed by atoms with Gasteiger partial charge in [-0.2, -0.15) is 0 Å². The SMILES string of the molecule is CCN(CC)CC(C)NS(=O)(=O)c1c(C)oc(C)c1CO. The summed E-state index contributed by atoms with van der Waals surface area (Å²) in [6.45, 7) is 11.2. The van der Waals surface area contributed by atoms with Crippen molar-refractivity contribution in [2.75, 3.05) is 19.6 Å². The Morgan fingerprint density at radius 3 is 2.29 bits per heavy atom. The Kier molecular flexibility index (Phi) is 6.40. The van der Waals surface area contributed by atoms with E-state index in [-0.39, 0.29) is 17.5 Å². The van der Waals surface area contributed by atoms with E-state index in [2.05, 4.69) is 9.62 Å². The molecule has 0 aliphatic heterocycles. The van der Waals surface area contributed by atoms with Gasteiger partial charge < -0.3 is 14.4 Å². The molecular weight excluding hydrogens is 292 g/mol. The summed E-state index contributed by atoms with van der Waals surface area (Å²) in [7, 11) is -3.70. The van der Waals surface area contributed by atoms with E-state index in [0.29, 0.717) is 23.6 Å². The predicted octanol–water partition coefficient (Wildman–Crippen LogP) is 1.40. The normalized spacial score (nSPS) is 13.9. The first kappa shape index (κ1) is 18.2. The molecule has 0 amide bonds. The van der Waals surface area contributed by atoms with Crippen LogP contribution < -0.4 is 4.72 Å². The minimum atomic E-state index is -3.70. The number of hydrogen-bond acceptors (Lipinski definition) is 5. The molecule has 122 valence electrons. The maximum absolute atomic E-state index is 12.5. The van der Waals surface area contributed by atoms with Gasteiger partial charge in [-0.05, 0) is 33.9 Å². The van der Waals surface area contributed by atoms with Gasteiger partial charge in [-0.25, -0.2) is 13.1 Å². The van der Waals surface area contributed by atoms with E-state index in [1.54, 1.807) is 13.8 Å². The fourth-order valence-corrected chi connectivity index (χ4v) is 4.15. The minimum absolute atomic E-state index is 0.0638. The number of aryl methyl sites for hydroxylation is 2. The van der Waals surface area contributed by atoms with Crippen molar-refractivity contribution < 1.29 is 17.9 Å². The van der Waals surface area contributed by atoms with Crippen molar-refractivity contribution >= 4 is 10.0 Å². The van der Waals surface area contributed by atoms with Crippen LogP contribution in [0.5, 0.6) is 0 Å². The van der Waals surface area contributed by atoms with Crippen LogP contribution >= 0.6 is 0 Å². The molecule has 0 bridgehead atoms. The molecule has 0 spiro atoms. The molecular formula is C14H26N2O4S. The molecule has 1 unspecified atom stereocenters. The van der Waals surface area contributed by atoms with Crippen LogP contribution in [0.3, 0.4) is 0 Å². The summed E-state index contributed by atoms with van der Waals surface area (Å²) in [6.07, 6.45) is 0. The van der Waals surface area contributed by atoms with Crippen molar-refractivity contribution in [1.82, 2.24) is 9.62 Å². The largest absolute Gasteiger partial charge is 0.465 e. The first-order chi connectivity index (χ1) is 9.76. The molecule has 1 heterocycles. The molecule has 7 heteroatoms. The number of nitrogens with zero attached hydrogens (tertiary/aromatic N) is 1. The Morgan fingerprint density at radius 1 is 1.24 bits per heavy atom. The summed E-state index contributed by atoms with van der Waals surface area (Å²) in [5.41, 5.74) is 0.329. The fraction of sp³-hybridized carbons (Fsp3) is 0.714. The second kappa shape index (κ2) is 7.40. The number of furan rings is 1. The second-order valence-corrected chi connectivity index (χ2v) is 6.84. The predicted molar refractivity (Wildman–Crippen MR) is 81.7 cm³/mol. The van der Waals surface area contributed by atoms with E-state index >= 15 is 0 Å². The zero-order valence-electron chi connectivity index (χ0n) is 13.4. The summed E-state index contributed by atoms with van der Waals surface area (Å²) in [5, 5.41) is 9.37. The molecule has 0 fully saturated rings. The van der Waals surface area contributed by atoms with E-state index in [1.165, 1.54) is 0 Å². The van der Waals surface area contributed by atoms with E-state index in [9.17, 15) is 13.5 Å². The lowest BCUT2D eigenvalue weighted by Crippen LogP contribution is -2.42. The second-order valence-electron chi connectivity index (χ2n) is 5.19. The molecule has 1 rings (SSSR count). The molecule has 0 aliphatic carbocycles. The maximum atomic E-state index is 12.5. The Morgan fingerprint density at radius 2 is 1.81 bits per heavy atom. The molecule has 21 heavy (non-hydrogen) atoms. The van der Waals surface area contributed by atoms with Crippen LogP contribution in [0.15, 0.2) is 9.31 Å². The van der Waals surface area contributed by atoms with Gasteiger partial charge in [0.05, 0.1) is 6.61 Å². The summed E-state index contributed by atoms with van der Waals surface area (Å²) in [5.74, 6) is 0.742. The van der Waals surface area contributed by atoms with Gasteiger partial charge in [-0.3, -0.25) is 0 Å². The highest BCUT2D eigenvalue weighted by molar-refractivity contribution is 7.89. The lowest BCUT2D eigenvalue weighted by Gasteiger charge is -2.23. The third-order valence-electron chi connectivity index (χ3n) is 3.53. The van der Waals surface area contributed by atoms with Gasteiger partial charge in [-0.15, -0.1) is 0 Å². The van der Waals surface area contributed by atoms with Crippen LogP contribution in [0.4, 0.5) is 0 Å². The third kappa shape index (κ3) is 4.29. The van der Waals surface area contributed by atoms with Crippen molar-refractivity contribution in [2.45, 2.75) is 52.2 Å². The van der Waals surface area contributed by atoms with E-state index in [0.717, 1.165) is 13.1 Å². The van der Waals surface area contributed by atoms with Crippen LogP contribution in [-0.2, 0) is 16.6 Å². The fourth-order valence-electron chi connectivity index (χ4n) is 2.47. The van der Waals surface area contributed by atoms with Crippen LogP contribution in [0.2, 0.25) is 0 Å². The van der Waals surface area contributed by atoms with Crippen LogP contribution in [0, 0.1) is 13.8 Å². The molecule has 0 aromatic carbocycles. The Labute approximate surface area is 127 Å². The van der Waals surface area contributed by atoms with Crippen molar-refractivity contribution in [3.63, 3.8) is 0 Å². The number of rotatable bonds is 8. The van der Waals surface area contributed by atoms with Gasteiger partial charge in [0.25, 0.3) is 0 Å². The number of aliphatic hydroxyl groups excluding tert-OH is 1. The van der Waals surface area contributed by atoms with Gasteiger partial charge in [0.2, 0.25) is 10.0 Å². The van der Waals surface area contributed by atoms with E-state index in [1.807, 2.05) is 20.8 Å². The summed E-state index contributed by atoms with van der Waals surface area (Å²) >= 11 is 0. The van der Waals surface area contributed by atoms with Gasteiger partial charge in [0.15, 0.2) is 0 Å². The average molecular weight is 318 g/mol. The molecule has 2 N–H and O–H groups in total. The lowest BCUT2D eigenvalue weighted by molar-refractivity contribution is 0.275. The smallest absolute Gasteiger partial charge is 0.244 e. The molecule has 0 saturated carbocycles. The monoisotopic (exact) mass is 318 g/mol. The summed E-state index contributed by atoms with van der Waals surface area (Å²) in [4.78, 5) is 2.21. The van der Waals surface area contributed by atoms with Crippen molar-refractivity contribution in [1.29, 1.82) is 0 Å². The zero-order valence-corrected chi connectivity index (χ0v) is 14.2. The Bertz CT molecular complexity index is 562. The first-order valence-corrected chi connectivity index (χ1v) is 8.69. The molecule has 0 saturated heterocycles. The first-order valence-electron chi connectivity index (χ1n) is 7.21. The highest BCUT2D eigenvalue weighted by Crippen LogP contribution is 2.26. The summed E-state index contributed by atoms with van der Waals surface area (Å²) in [6, 6.07) is -0.226. The third-order valence-corrected chi connectivity index (χ3v) is 5.32. The Balaban J connectivity index is 2.97. The zero-order chi connectivity index (χ0) is 16.2. The highest BCUT2D eigenvalue weighted by atomic mass is 32.2. The average Bonchev–Trinajstić information content (AvgIpc) is 2.69. The minimum Gasteiger partial charge on any atom is -0.465 e. The molecule has 0 radical (unpaired) electrons. The van der Waals surface area contributed by atoms with Crippen LogP contribution in [0.25, 0.3) is 0 Å².